The fourth-order valence-corrected chi connectivity index (χ4v) is 3.50. The quantitative estimate of drug-likeness (QED) is 0.559. The highest BCUT2D eigenvalue weighted by Crippen LogP contribution is 2.47. The van der Waals surface area contributed by atoms with Gasteiger partial charge in [-0.1, -0.05) is 41.5 Å². The number of carbonyl (C=O) groups excluding carboxylic acids is 2. The Morgan fingerprint density at radius 3 is 2.18 bits per heavy atom. The lowest BCUT2D eigenvalue weighted by atomic mass is 9.61. The summed E-state index contributed by atoms with van der Waals surface area (Å²) in [5.41, 5.74) is -0.851. The van der Waals surface area contributed by atoms with Gasteiger partial charge >= 0.3 is 11.9 Å². The summed E-state index contributed by atoms with van der Waals surface area (Å²) in [7, 11) is 0. The molecule has 0 saturated carbocycles. The number of carbonyl (C=O) groups is 2. The maximum atomic E-state index is 13.0. The third kappa shape index (κ3) is 7.03. The van der Waals surface area contributed by atoms with Gasteiger partial charge in [0.15, 0.2) is 5.79 Å². The molecule has 3 unspecified atom stereocenters. The van der Waals surface area contributed by atoms with E-state index in [4.69, 9.17) is 18.9 Å². The van der Waals surface area contributed by atoms with Gasteiger partial charge in [0, 0.05) is 6.42 Å². The van der Waals surface area contributed by atoms with E-state index in [1.165, 1.54) is 0 Å². The SMILES string of the molecule is CCOC(=O)CCC1(C)OCC(COC(=O)C(C)(CC(C)(C)C)C(C)(C)C)O1. The number of hydrogen-bond acceptors (Lipinski definition) is 6. The molecule has 1 rings (SSSR count). The highest BCUT2D eigenvalue weighted by molar-refractivity contribution is 5.77. The Morgan fingerprint density at radius 1 is 1.07 bits per heavy atom. The molecule has 0 aromatic heterocycles. The first kappa shape index (κ1) is 24.9. The Labute approximate surface area is 170 Å². The van der Waals surface area contributed by atoms with Crippen LogP contribution in [0.15, 0.2) is 0 Å². The normalized spacial score (nSPS) is 25.2. The predicted octanol–water partition coefficient (Wildman–Crippen LogP) is 4.49. The van der Waals surface area contributed by atoms with Crippen LogP contribution >= 0.6 is 0 Å². The molecule has 1 fully saturated rings. The Hall–Kier alpha value is -1.14. The van der Waals surface area contributed by atoms with Crippen molar-refractivity contribution in [1.29, 1.82) is 0 Å². The van der Waals surface area contributed by atoms with Crippen LogP contribution in [-0.2, 0) is 28.5 Å². The van der Waals surface area contributed by atoms with E-state index in [1.54, 1.807) is 13.8 Å². The summed E-state index contributed by atoms with van der Waals surface area (Å²) < 4.78 is 22.3. The van der Waals surface area contributed by atoms with Crippen LogP contribution in [0.2, 0.25) is 0 Å². The zero-order valence-corrected chi connectivity index (χ0v) is 19.3. The maximum absolute atomic E-state index is 13.0. The number of hydrogen-bond donors (Lipinski definition) is 0. The Morgan fingerprint density at radius 2 is 1.68 bits per heavy atom. The largest absolute Gasteiger partial charge is 0.466 e. The molecule has 0 aromatic carbocycles. The van der Waals surface area contributed by atoms with Gasteiger partial charge in [-0.05, 0) is 38.0 Å². The third-order valence-electron chi connectivity index (χ3n) is 5.47. The van der Waals surface area contributed by atoms with E-state index in [2.05, 4.69) is 41.5 Å². The molecule has 3 atom stereocenters. The molecular formula is C22H40O6. The highest BCUT2D eigenvalue weighted by atomic mass is 16.7. The lowest BCUT2D eigenvalue weighted by Gasteiger charge is -2.43. The predicted molar refractivity (Wildman–Crippen MR) is 108 cm³/mol. The van der Waals surface area contributed by atoms with Crippen LogP contribution in [0.3, 0.4) is 0 Å². The van der Waals surface area contributed by atoms with E-state index in [-0.39, 0.29) is 41.9 Å². The molecule has 0 N–H and O–H groups in total. The molecule has 1 heterocycles. The fourth-order valence-electron chi connectivity index (χ4n) is 3.50. The summed E-state index contributed by atoms with van der Waals surface area (Å²) in [4.78, 5) is 24.6. The summed E-state index contributed by atoms with van der Waals surface area (Å²) in [6.07, 6.45) is 1.02. The van der Waals surface area contributed by atoms with Crippen molar-refractivity contribution in [3.8, 4) is 0 Å². The van der Waals surface area contributed by atoms with Crippen molar-refractivity contribution in [3.63, 3.8) is 0 Å². The van der Waals surface area contributed by atoms with Crippen LogP contribution in [0.1, 0.15) is 81.6 Å². The molecule has 164 valence electrons. The second-order valence-corrected chi connectivity index (χ2v) is 10.4. The summed E-state index contributed by atoms with van der Waals surface area (Å²) in [5, 5.41) is 0. The minimum Gasteiger partial charge on any atom is -0.466 e. The van der Waals surface area contributed by atoms with Crippen LogP contribution in [0.5, 0.6) is 0 Å². The van der Waals surface area contributed by atoms with Crippen molar-refractivity contribution in [2.75, 3.05) is 19.8 Å². The van der Waals surface area contributed by atoms with Crippen LogP contribution in [0.25, 0.3) is 0 Å². The maximum Gasteiger partial charge on any atom is 0.312 e. The molecule has 0 bridgehead atoms. The summed E-state index contributed by atoms with van der Waals surface area (Å²) in [6.45, 7) is 19.0. The standard InChI is InChI=1S/C22H40O6/c1-10-25-17(23)11-12-22(9)27-14-16(28-22)13-26-18(24)21(8,20(5,6)7)15-19(2,3)4/h16H,10-15H2,1-9H3. The minimum atomic E-state index is -0.859. The molecule has 0 amide bonds. The summed E-state index contributed by atoms with van der Waals surface area (Å²) in [6, 6.07) is 0. The van der Waals surface area contributed by atoms with Gasteiger partial charge in [-0.2, -0.15) is 0 Å². The highest BCUT2D eigenvalue weighted by Gasteiger charge is 2.48. The molecule has 1 saturated heterocycles. The Balaban J connectivity index is 2.63. The third-order valence-corrected chi connectivity index (χ3v) is 5.47. The fraction of sp³-hybridized carbons (Fsp3) is 0.909. The van der Waals surface area contributed by atoms with Crippen molar-refractivity contribution >= 4 is 11.9 Å². The lowest BCUT2D eigenvalue weighted by Crippen LogP contribution is -2.45. The van der Waals surface area contributed by atoms with Crippen LogP contribution in [0.4, 0.5) is 0 Å². The average Bonchev–Trinajstić information content (AvgIpc) is 2.90. The van der Waals surface area contributed by atoms with Crippen molar-refractivity contribution < 1.29 is 28.5 Å². The van der Waals surface area contributed by atoms with Crippen molar-refractivity contribution in [2.24, 2.45) is 16.2 Å². The van der Waals surface area contributed by atoms with E-state index in [9.17, 15) is 9.59 Å². The molecule has 6 heteroatoms. The first-order chi connectivity index (χ1) is 12.6. The molecule has 0 spiro atoms. The van der Waals surface area contributed by atoms with Gasteiger partial charge in [-0.25, -0.2) is 0 Å². The van der Waals surface area contributed by atoms with E-state index in [1.807, 2.05) is 6.92 Å². The van der Waals surface area contributed by atoms with Gasteiger partial charge < -0.3 is 18.9 Å². The van der Waals surface area contributed by atoms with Gasteiger partial charge in [0.1, 0.15) is 12.7 Å². The van der Waals surface area contributed by atoms with E-state index >= 15 is 0 Å². The van der Waals surface area contributed by atoms with Gasteiger partial charge in [-0.3, -0.25) is 9.59 Å². The van der Waals surface area contributed by atoms with Gasteiger partial charge in [0.25, 0.3) is 0 Å². The smallest absolute Gasteiger partial charge is 0.312 e. The summed E-state index contributed by atoms with van der Waals surface area (Å²) in [5.74, 6) is -1.34. The van der Waals surface area contributed by atoms with Crippen molar-refractivity contribution in [2.45, 2.75) is 93.5 Å². The first-order valence-electron chi connectivity index (χ1n) is 10.3. The average molecular weight is 401 g/mol. The number of rotatable bonds is 8. The van der Waals surface area contributed by atoms with Crippen LogP contribution in [-0.4, -0.2) is 43.7 Å². The second kappa shape index (κ2) is 9.12. The first-order valence-corrected chi connectivity index (χ1v) is 10.3. The molecule has 1 aliphatic heterocycles. The number of esters is 2. The minimum absolute atomic E-state index is 0.000308. The van der Waals surface area contributed by atoms with Crippen molar-refractivity contribution in [3.05, 3.63) is 0 Å². The topological polar surface area (TPSA) is 71.1 Å². The van der Waals surface area contributed by atoms with Crippen LogP contribution in [0, 0.1) is 16.2 Å². The molecule has 28 heavy (non-hydrogen) atoms. The number of ether oxygens (including phenoxy) is 4. The van der Waals surface area contributed by atoms with Crippen LogP contribution < -0.4 is 0 Å². The molecule has 0 radical (unpaired) electrons. The monoisotopic (exact) mass is 400 g/mol. The molecule has 1 aliphatic rings. The summed E-state index contributed by atoms with van der Waals surface area (Å²) >= 11 is 0. The molecular weight excluding hydrogens is 360 g/mol. The molecule has 6 nitrogen and oxygen atoms in total. The Bertz CT molecular complexity index is 544. The van der Waals surface area contributed by atoms with E-state index in [0.29, 0.717) is 19.6 Å². The zero-order valence-electron chi connectivity index (χ0n) is 19.3. The van der Waals surface area contributed by atoms with Crippen molar-refractivity contribution in [1.82, 2.24) is 0 Å². The van der Waals surface area contributed by atoms with E-state index < -0.39 is 11.2 Å². The van der Waals surface area contributed by atoms with E-state index in [0.717, 1.165) is 6.42 Å². The molecule has 0 aliphatic carbocycles. The zero-order chi connectivity index (χ0) is 21.8. The second-order valence-electron chi connectivity index (χ2n) is 10.4. The van der Waals surface area contributed by atoms with Gasteiger partial charge in [0.05, 0.1) is 25.0 Å². The Kier molecular flexibility index (Phi) is 8.11. The molecule has 0 aromatic rings. The lowest BCUT2D eigenvalue weighted by molar-refractivity contribution is -0.180. The van der Waals surface area contributed by atoms with Gasteiger partial charge in [-0.15, -0.1) is 0 Å². The van der Waals surface area contributed by atoms with Gasteiger partial charge in [0.2, 0.25) is 0 Å².